The van der Waals surface area contributed by atoms with Crippen LogP contribution >= 0.6 is 11.6 Å². The summed E-state index contributed by atoms with van der Waals surface area (Å²) in [5.41, 5.74) is -0.177. The van der Waals surface area contributed by atoms with Crippen molar-refractivity contribution in [3.8, 4) is 0 Å². The lowest BCUT2D eigenvalue weighted by atomic mass is 10.3. The summed E-state index contributed by atoms with van der Waals surface area (Å²) in [6.45, 7) is 0.434. The predicted molar refractivity (Wildman–Crippen MR) is 59.5 cm³/mol. The fourth-order valence-electron chi connectivity index (χ4n) is 1.12. The molecule has 1 aromatic rings. The molecule has 1 atom stereocenters. The van der Waals surface area contributed by atoms with E-state index < -0.39 is 0 Å². The summed E-state index contributed by atoms with van der Waals surface area (Å²) < 4.78 is 6.41. The van der Waals surface area contributed by atoms with E-state index in [0.717, 1.165) is 0 Å². The molecule has 1 unspecified atom stereocenters. The number of rotatable bonds is 5. The highest BCUT2D eigenvalue weighted by Gasteiger charge is 2.10. The Labute approximate surface area is 93.0 Å². The number of anilines is 1. The molecule has 0 spiro atoms. The molecule has 1 N–H and O–H groups in total. The van der Waals surface area contributed by atoms with Crippen LogP contribution in [0.25, 0.3) is 0 Å². The normalized spacial score (nSPS) is 12.5. The minimum absolute atomic E-state index is 0.112. The van der Waals surface area contributed by atoms with Crippen LogP contribution in [0.3, 0.4) is 0 Å². The van der Waals surface area contributed by atoms with Gasteiger partial charge in [-0.3, -0.25) is 4.79 Å². The van der Waals surface area contributed by atoms with Crippen molar-refractivity contribution in [3.05, 3.63) is 22.7 Å². The number of ether oxygens (including phenoxy) is 1. The van der Waals surface area contributed by atoms with E-state index in [9.17, 15) is 4.79 Å². The van der Waals surface area contributed by atoms with Gasteiger partial charge < -0.3 is 14.6 Å². The zero-order valence-corrected chi connectivity index (χ0v) is 9.49. The molecule has 1 heterocycles. The SMILES string of the molecule is COCC(CCl)Nc1nccn(C)c1=O. The van der Waals surface area contributed by atoms with E-state index in [-0.39, 0.29) is 11.6 Å². The Morgan fingerprint density at radius 2 is 2.47 bits per heavy atom. The number of alkyl halides is 1. The van der Waals surface area contributed by atoms with E-state index in [2.05, 4.69) is 10.3 Å². The summed E-state index contributed by atoms with van der Waals surface area (Å²) in [5, 5.41) is 2.94. The number of nitrogens with one attached hydrogen (secondary N) is 1. The van der Waals surface area contributed by atoms with E-state index >= 15 is 0 Å². The van der Waals surface area contributed by atoms with Crippen LogP contribution in [0.4, 0.5) is 5.82 Å². The highest BCUT2D eigenvalue weighted by molar-refractivity contribution is 6.18. The van der Waals surface area contributed by atoms with Crippen LogP contribution in [0.2, 0.25) is 0 Å². The molecule has 1 aromatic heterocycles. The molecule has 0 saturated heterocycles. The van der Waals surface area contributed by atoms with Crippen molar-refractivity contribution in [2.24, 2.45) is 7.05 Å². The summed E-state index contributed by atoms with van der Waals surface area (Å²) in [4.78, 5) is 15.5. The third kappa shape index (κ3) is 3.21. The van der Waals surface area contributed by atoms with Crippen LogP contribution in [0.15, 0.2) is 17.2 Å². The van der Waals surface area contributed by atoms with Gasteiger partial charge in [0.25, 0.3) is 5.56 Å². The number of hydrogen-bond donors (Lipinski definition) is 1. The van der Waals surface area contributed by atoms with Gasteiger partial charge in [0.15, 0.2) is 5.82 Å². The van der Waals surface area contributed by atoms with Crippen molar-refractivity contribution in [1.29, 1.82) is 0 Å². The molecule has 0 amide bonds. The lowest BCUT2D eigenvalue weighted by molar-refractivity contribution is 0.191. The standard InChI is InChI=1S/C9H14ClN3O2/c1-13-4-3-11-8(9(13)14)12-7(5-10)6-15-2/h3-4,7H,5-6H2,1-2H3,(H,11,12). The maximum atomic E-state index is 11.6. The first kappa shape index (κ1) is 12.0. The van der Waals surface area contributed by atoms with Gasteiger partial charge in [0, 0.05) is 32.4 Å². The van der Waals surface area contributed by atoms with E-state index in [0.29, 0.717) is 18.3 Å². The van der Waals surface area contributed by atoms with Crippen LogP contribution in [0.1, 0.15) is 0 Å². The average Bonchev–Trinajstić information content (AvgIpc) is 2.24. The molecular weight excluding hydrogens is 218 g/mol. The van der Waals surface area contributed by atoms with Crippen molar-refractivity contribution < 1.29 is 4.74 Å². The topological polar surface area (TPSA) is 56.1 Å². The molecule has 0 aromatic carbocycles. The molecule has 1 rings (SSSR count). The Morgan fingerprint density at radius 3 is 3.07 bits per heavy atom. The molecule has 0 saturated carbocycles. The molecule has 15 heavy (non-hydrogen) atoms. The van der Waals surface area contributed by atoms with Crippen molar-refractivity contribution in [3.63, 3.8) is 0 Å². The summed E-state index contributed by atoms with van der Waals surface area (Å²) in [6.07, 6.45) is 3.15. The van der Waals surface area contributed by atoms with E-state index in [1.54, 1.807) is 26.6 Å². The van der Waals surface area contributed by atoms with Gasteiger partial charge in [-0.05, 0) is 0 Å². The van der Waals surface area contributed by atoms with Crippen molar-refractivity contribution in [1.82, 2.24) is 9.55 Å². The second-order valence-corrected chi connectivity index (χ2v) is 3.45. The number of aryl methyl sites for hydroxylation is 1. The Morgan fingerprint density at radius 1 is 1.73 bits per heavy atom. The highest BCUT2D eigenvalue weighted by Crippen LogP contribution is 1.99. The maximum Gasteiger partial charge on any atom is 0.293 e. The van der Waals surface area contributed by atoms with Gasteiger partial charge in [0.05, 0.1) is 12.6 Å². The molecule has 0 aliphatic heterocycles. The van der Waals surface area contributed by atoms with Crippen LogP contribution in [-0.2, 0) is 11.8 Å². The van der Waals surface area contributed by atoms with Crippen LogP contribution < -0.4 is 10.9 Å². The molecule has 84 valence electrons. The number of halogens is 1. The minimum atomic E-state index is -0.177. The van der Waals surface area contributed by atoms with Gasteiger partial charge in [0.2, 0.25) is 0 Å². The lowest BCUT2D eigenvalue weighted by Crippen LogP contribution is -2.32. The van der Waals surface area contributed by atoms with E-state index in [1.165, 1.54) is 4.57 Å². The molecule has 0 bridgehead atoms. The second kappa shape index (κ2) is 5.72. The van der Waals surface area contributed by atoms with Crippen LogP contribution in [-0.4, -0.2) is 35.2 Å². The van der Waals surface area contributed by atoms with Gasteiger partial charge >= 0.3 is 0 Å². The van der Waals surface area contributed by atoms with Crippen molar-refractivity contribution in [2.45, 2.75) is 6.04 Å². The first-order valence-corrected chi connectivity index (χ1v) is 5.05. The first-order chi connectivity index (χ1) is 7.19. The largest absolute Gasteiger partial charge is 0.383 e. The quantitative estimate of drug-likeness (QED) is 0.748. The molecule has 6 heteroatoms. The third-order valence-electron chi connectivity index (χ3n) is 1.91. The summed E-state index contributed by atoms with van der Waals surface area (Å²) in [7, 11) is 3.25. The van der Waals surface area contributed by atoms with Gasteiger partial charge in [-0.15, -0.1) is 11.6 Å². The van der Waals surface area contributed by atoms with Gasteiger partial charge in [-0.2, -0.15) is 0 Å². The molecule has 0 aliphatic rings. The molecule has 0 fully saturated rings. The highest BCUT2D eigenvalue weighted by atomic mass is 35.5. The number of aromatic nitrogens is 2. The van der Waals surface area contributed by atoms with Crippen molar-refractivity contribution >= 4 is 17.4 Å². The van der Waals surface area contributed by atoms with Gasteiger partial charge in [-0.25, -0.2) is 4.98 Å². The number of methoxy groups -OCH3 is 1. The zero-order chi connectivity index (χ0) is 11.3. The molecule has 5 nitrogen and oxygen atoms in total. The summed E-state index contributed by atoms with van der Waals surface area (Å²) >= 11 is 5.71. The Kier molecular flexibility index (Phi) is 4.58. The third-order valence-corrected chi connectivity index (χ3v) is 2.28. The Bertz CT molecular complexity index is 367. The number of nitrogens with zero attached hydrogens (tertiary/aromatic N) is 2. The Balaban J connectivity index is 2.79. The van der Waals surface area contributed by atoms with Crippen LogP contribution in [0, 0.1) is 0 Å². The summed E-state index contributed by atoms with van der Waals surface area (Å²) in [5.74, 6) is 0.649. The molecular formula is C9H14ClN3O2. The Hall–Kier alpha value is -1.07. The lowest BCUT2D eigenvalue weighted by Gasteiger charge is -2.15. The fourth-order valence-corrected chi connectivity index (χ4v) is 1.28. The summed E-state index contributed by atoms with van der Waals surface area (Å²) in [6, 6.07) is -0.112. The van der Waals surface area contributed by atoms with Crippen molar-refractivity contribution in [2.75, 3.05) is 24.9 Å². The molecule has 0 radical (unpaired) electrons. The van der Waals surface area contributed by atoms with Gasteiger partial charge in [-0.1, -0.05) is 0 Å². The molecule has 0 aliphatic carbocycles. The maximum absolute atomic E-state index is 11.6. The van der Waals surface area contributed by atoms with E-state index in [1.807, 2.05) is 0 Å². The zero-order valence-electron chi connectivity index (χ0n) is 8.74. The first-order valence-electron chi connectivity index (χ1n) is 4.52. The van der Waals surface area contributed by atoms with E-state index in [4.69, 9.17) is 16.3 Å². The monoisotopic (exact) mass is 231 g/mol. The predicted octanol–water partition coefficient (Wildman–Crippen LogP) is 0.446. The average molecular weight is 232 g/mol. The fraction of sp³-hybridized carbons (Fsp3) is 0.556. The van der Waals surface area contributed by atoms with Gasteiger partial charge in [0.1, 0.15) is 0 Å². The smallest absolute Gasteiger partial charge is 0.293 e. The minimum Gasteiger partial charge on any atom is -0.383 e. The van der Waals surface area contributed by atoms with Crippen LogP contribution in [0.5, 0.6) is 0 Å². The number of hydrogen-bond acceptors (Lipinski definition) is 4. The second-order valence-electron chi connectivity index (χ2n) is 3.14.